The minimum absolute atomic E-state index is 0.123. The molecule has 2 heterocycles. The van der Waals surface area contributed by atoms with Crippen molar-refractivity contribution in [1.29, 1.82) is 0 Å². The minimum Gasteiger partial charge on any atom is -0.485 e. The zero-order valence-corrected chi connectivity index (χ0v) is 12.0. The van der Waals surface area contributed by atoms with Gasteiger partial charge in [-0.2, -0.15) is 9.78 Å². The smallest absolute Gasteiger partial charge is 0.358 e. The average Bonchev–Trinajstić information content (AvgIpc) is 3.12. The molecule has 0 atom stereocenters. The van der Waals surface area contributed by atoms with Crippen LogP contribution in [-0.2, 0) is 6.61 Å². The Hall–Kier alpha value is -2.73. The molecule has 0 fully saturated rings. The Balaban J connectivity index is 1.89. The first-order valence-electron chi connectivity index (χ1n) is 6.39. The van der Waals surface area contributed by atoms with Crippen molar-refractivity contribution >= 4 is 17.6 Å². The van der Waals surface area contributed by atoms with E-state index in [0.29, 0.717) is 0 Å². The molecular weight excluding hydrogens is 308 g/mol. The first-order valence-corrected chi connectivity index (χ1v) is 6.76. The summed E-state index contributed by atoms with van der Waals surface area (Å²) in [5.74, 6) is -0.811. The van der Waals surface area contributed by atoms with Crippen LogP contribution in [0.15, 0.2) is 53.1 Å². The summed E-state index contributed by atoms with van der Waals surface area (Å²) in [4.78, 5) is 11.5. The Morgan fingerprint density at radius 2 is 2.05 bits per heavy atom. The quantitative estimate of drug-likeness (QED) is 0.780. The number of hydrogen-bond donors (Lipinski definition) is 1. The Labute approximate surface area is 130 Å². The number of hydrogen-bond acceptors (Lipinski definition) is 4. The lowest BCUT2D eigenvalue weighted by atomic mass is 10.2. The van der Waals surface area contributed by atoms with Crippen LogP contribution >= 0.6 is 11.6 Å². The zero-order chi connectivity index (χ0) is 15.5. The lowest BCUT2D eigenvalue weighted by Crippen LogP contribution is -2.09. The third-order valence-electron chi connectivity index (χ3n) is 2.94. The van der Waals surface area contributed by atoms with Crippen molar-refractivity contribution in [3.8, 4) is 11.6 Å². The molecule has 7 heteroatoms. The summed E-state index contributed by atoms with van der Waals surface area (Å²) in [6.07, 6.45) is 1.34. The fourth-order valence-corrected chi connectivity index (χ4v) is 2.10. The summed E-state index contributed by atoms with van der Waals surface area (Å²) < 4.78 is 11.9. The maximum Gasteiger partial charge on any atom is 0.358 e. The normalized spacial score (nSPS) is 10.6. The van der Waals surface area contributed by atoms with Crippen LogP contribution in [0.5, 0.6) is 5.75 Å². The lowest BCUT2D eigenvalue weighted by Gasteiger charge is -2.06. The molecule has 0 unspecified atom stereocenters. The molecule has 0 saturated carbocycles. The molecule has 22 heavy (non-hydrogen) atoms. The second kappa shape index (κ2) is 5.95. The van der Waals surface area contributed by atoms with Gasteiger partial charge in [0.25, 0.3) is 0 Å². The molecule has 0 radical (unpaired) electrons. The van der Waals surface area contributed by atoms with Crippen LogP contribution in [-0.4, -0.2) is 20.9 Å². The van der Waals surface area contributed by atoms with Gasteiger partial charge in [-0.25, -0.2) is 4.79 Å². The molecule has 6 nitrogen and oxygen atoms in total. The van der Waals surface area contributed by atoms with E-state index in [4.69, 9.17) is 20.8 Å². The standard InChI is InChI=1S/C15H11ClN2O4/c16-12-6-7-13(22-12)18-14(15(19)20)11(8-17-18)21-9-10-4-2-1-3-5-10/h1-8H,9H2,(H,19,20). The van der Waals surface area contributed by atoms with Crippen LogP contribution in [0, 0.1) is 0 Å². The summed E-state index contributed by atoms with van der Waals surface area (Å²) >= 11 is 5.70. The number of halogens is 1. The number of ether oxygens (including phenoxy) is 1. The fourth-order valence-electron chi connectivity index (χ4n) is 1.96. The monoisotopic (exact) mass is 318 g/mol. The van der Waals surface area contributed by atoms with Gasteiger partial charge in [-0.3, -0.25) is 0 Å². The molecule has 3 aromatic rings. The van der Waals surface area contributed by atoms with E-state index in [-0.39, 0.29) is 29.2 Å². The van der Waals surface area contributed by atoms with Gasteiger partial charge in [0, 0.05) is 6.07 Å². The molecule has 0 bridgehead atoms. The fraction of sp³-hybridized carbons (Fsp3) is 0.0667. The molecule has 0 spiro atoms. The summed E-state index contributed by atoms with van der Waals surface area (Å²) in [7, 11) is 0. The second-order valence-corrected chi connectivity index (χ2v) is 4.80. The van der Waals surface area contributed by atoms with Crippen molar-refractivity contribution in [2.24, 2.45) is 0 Å². The molecule has 3 rings (SSSR count). The van der Waals surface area contributed by atoms with Gasteiger partial charge in [0.05, 0.1) is 6.20 Å². The molecule has 0 amide bonds. The number of rotatable bonds is 5. The number of aromatic nitrogens is 2. The molecule has 0 aliphatic rings. The lowest BCUT2D eigenvalue weighted by molar-refractivity contribution is 0.0680. The largest absolute Gasteiger partial charge is 0.485 e. The van der Waals surface area contributed by atoms with Gasteiger partial charge in [0.15, 0.2) is 16.7 Å². The van der Waals surface area contributed by atoms with E-state index in [1.54, 1.807) is 0 Å². The highest BCUT2D eigenvalue weighted by Crippen LogP contribution is 2.25. The van der Waals surface area contributed by atoms with Gasteiger partial charge < -0.3 is 14.3 Å². The summed E-state index contributed by atoms with van der Waals surface area (Å²) in [6, 6.07) is 12.5. The molecule has 0 saturated heterocycles. The van der Waals surface area contributed by atoms with Crippen LogP contribution in [0.4, 0.5) is 0 Å². The van der Waals surface area contributed by atoms with E-state index in [1.165, 1.54) is 18.3 Å². The first kappa shape index (κ1) is 14.2. The zero-order valence-electron chi connectivity index (χ0n) is 11.3. The third-order valence-corrected chi connectivity index (χ3v) is 3.15. The predicted molar refractivity (Wildman–Crippen MR) is 78.6 cm³/mol. The number of nitrogens with zero attached hydrogens (tertiary/aromatic N) is 2. The molecule has 112 valence electrons. The van der Waals surface area contributed by atoms with E-state index >= 15 is 0 Å². The van der Waals surface area contributed by atoms with Gasteiger partial charge in [-0.15, -0.1) is 0 Å². The molecule has 1 aromatic carbocycles. The van der Waals surface area contributed by atoms with E-state index in [2.05, 4.69) is 5.10 Å². The topological polar surface area (TPSA) is 77.5 Å². The van der Waals surface area contributed by atoms with E-state index in [1.807, 2.05) is 30.3 Å². The number of aromatic carboxylic acids is 1. The highest BCUT2D eigenvalue weighted by molar-refractivity contribution is 6.28. The Kier molecular flexibility index (Phi) is 3.84. The minimum atomic E-state index is -1.17. The second-order valence-electron chi connectivity index (χ2n) is 4.43. The maximum absolute atomic E-state index is 11.5. The molecule has 2 aromatic heterocycles. The Bertz CT molecular complexity index is 795. The SMILES string of the molecule is O=C(O)c1c(OCc2ccccc2)cnn1-c1ccc(Cl)o1. The van der Waals surface area contributed by atoms with Gasteiger partial charge in [0.2, 0.25) is 5.88 Å². The first-order chi connectivity index (χ1) is 10.6. The van der Waals surface area contributed by atoms with Crippen LogP contribution in [0.1, 0.15) is 16.1 Å². The molecular formula is C15H11ClN2O4. The van der Waals surface area contributed by atoms with Gasteiger partial charge in [-0.05, 0) is 23.2 Å². The van der Waals surface area contributed by atoms with Gasteiger partial charge in [0.1, 0.15) is 6.61 Å². The van der Waals surface area contributed by atoms with Gasteiger partial charge in [-0.1, -0.05) is 30.3 Å². The highest BCUT2D eigenvalue weighted by atomic mass is 35.5. The number of furan rings is 1. The summed E-state index contributed by atoms with van der Waals surface area (Å²) in [5.41, 5.74) is 0.801. The van der Waals surface area contributed by atoms with Crippen LogP contribution in [0.2, 0.25) is 5.22 Å². The van der Waals surface area contributed by atoms with Crippen molar-refractivity contribution in [3.63, 3.8) is 0 Å². The van der Waals surface area contributed by atoms with Crippen LogP contribution in [0.25, 0.3) is 5.88 Å². The Morgan fingerprint density at radius 1 is 1.27 bits per heavy atom. The molecule has 0 aliphatic carbocycles. The number of carboxylic acid groups (broad SMARTS) is 1. The van der Waals surface area contributed by atoms with Crippen molar-refractivity contribution in [1.82, 2.24) is 9.78 Å². The number of benzene rings is 1. The van der Waals surface area contributed by atoms with Crippen molar-refractivity contribution in [3.05, 3.63) is 65.1 Å². The van der Waals surface area contributed by atoms with Crippen LogP contribution in [0.3, 0.4) is 0 Å². The summed E-state index contributed by atoms with van der Waals surface area (Å²) in [6.45, 7) is 0.242. The summed E-state index contributed by atoms with van der Waals surface area (Å²) in [5, 5.41) is 13.5. The van der Waals surface area contributed by atoms with Gasteiger partial charge >= 0.3 is 5.97 Å². The highest BCUT2D eigenvalue weighted by Gasteiger charge is 2.22. The third kappa shape index (κ3) is 2.82. The van der Waals surface area contributed by atoms with E-state index < -0.39 is 5.97 Å². The Morgan fingerprint density at radius 3 is 2.68 bits per heavy atom. The molecule has 1 N–H and O–H groups in total. The number of carbonyl (C=O) groups is 1. The van der Waals surface area contributed by atoms with E-state index in [9.17, 15) is 9.90 Å². The van der Waals surface area contributed by atoms with Crippen molar-refractivity contribution in [2.45, 2.75) is 6.61 Å². The van der Waals surface area contributed by atoms with Crippen molar-refractivity contribution < 1.29 is 19.1 Å². The number of carboxylic acids is 1. The molecule has 0 aliphatic heterocycles. The van der Waals surface area contributed by atoms with Crippen LogP contribution < -0.4 is 4.74 Å². The maximum atomic E-state index is 11.5. The predicted octanol–water partition coefficient (Wildman–Crippen LogP) is 3.40. The average molecular weight is 319 g/mol. The van der Waals surface area contributed by atoms with E-state index in [0.717, 1.165) is 10.2 Å². The van der Waals surface area contributed by atoms with Crippen molar-refractivity contribution in [2.75, 3.05) is 0 Å².